The lowest BCUT2D eigenvalue weighted by atomic mass is 10.4. The van der Waals surface area contributed by atoms with E-state index in [0.717, 1.165) is 4.90 Å². The standard InChI is InChI=1S/C13H12F3N3S/c1-2-17-10-8-11(19-12(18-10)13(14,15)16)20-9-6-4-3-5-7-9/h3-8H,2H2,1H3,(H,17,18,19). The fourth-order valence-electron chi connectivity index (χ4n) is 1.48. The van der Waals surface area contributed by atoms with Crippen LogP contribution in [0.2, 0.25) is 0 Å². The summed E-state index contributed by atoms with van der Waals surface area (Å²) in [5.74, 6) is -0.956. The first-order valence-corrected chi connectivity index (χ1v) is 6.73. The van der Waals surface area contributed by atoms with Crippen LogP contribution in [0.25, 0.3) is 0 Å². The third-order valence-electron chi connectivity index (χ3n) is 2.28. The quantitative estimate of drug-likeness (QED) is 0.863. The molecule has 0 fully saturated rings. The lowest BCUT2D eigenvalue weighted by Gasteiger charge is -2.10. The van der Waals surface area contributed by atoms with Gasteiger partial charge in [-0.25, -0.2) is 9.97 Å². The maximum Gasteiger partial charge on any atom is 0.451 e. The van der Waals surface area contributed by atoms with Gasteiger partial charge in [0.1, 0.15) is 10.8 Å². The van der Waals surface area contributed by atoms with Crippen LogP contribution in [-0.4, -0.2) is 16.5 Å². The van der Waals surface area contributed by atoms with Gasteiger partial charge in [-0.2, -0.15) is 13.2 Å². The third kappa shape index (κ3) is 3.86. The Morgan fingerprint density at radius 1 is 1.15 bits per heavy atom. The highest BCUT2D eigenvalue weighted by atomic mass is 32.2. The maximum absolute atomic E-state index is 12.8. The fraction of sp³-hybridized carbons (Fsp3) is 0.231. The third-order valence-corrected chi connectivity index (χ3v) is 3.21. The summed E-state index contributed by atoms with van der Waals surface area (Å²) in [5, 5.41) is 3.04. The molecule has 0 bridgehead atoms. The Kier molecular flexibility index (Phi) is 4.49. The van der Waals surface area contributed by atoms with Crippen molar-refractivity contribution in [2.24, 2.45) is 0 Å². The minimum atomic E-state index is -4.56. The molecule has 0 aliphatic heterocycles. The molecule has 1 aromatic heterocycles. The van der Waals surface area contributed by atoms with E-state index in [1.165, 1.54) is 17.8 Å². The summed E-state index contributed by atoms with van der Waals surface area (Å²) in [6.07, 6.45) is -4.56. The average molecular weight is 299 g/mol. The molecule has 0 aliphatic carbocycles. The number of nitrogens with one attached hydrogen (secondary N) is 1. The molecule has 0 saturated heterocycles. The zero-order chi connectivity index (χ0) is 14.6. The second-order valence-electron chi connectivity index (χ2n) is 3.86. The number of hydrogen-bond donors (Lipinski definition) is 1. The Hall–Kier alpha value is -1.76. The van der Waals surface area contributed by atoms with E-state index in [2.05, 4.69) is 15.3 Å². The van der Waals surface area contributed by atoms with E-state index in [1.807, 2.05) is 30.3 Å². The minimum Gasteiger partial charge on any atom is -0.370 e. The van der Waals surface area contributed by atoms with E-state index in [4.69, 9.17) is 0 Å². The summed E-state index contributed by atoms with van der Waals surface area (Å²) < 4.78 is 38.3. The highest BCUT2D eigenvalue weighted by Gasteiger charge is 2.35. The van der Waals surface area contributed by atoms with Crippen molar-refractivity contribution in [1.82, 2.24) is 9.97 Å². The Morgan fingerprint density at radius 2 is 1.85 bits per heavy atom. The summed E-state index contributed by atoms with van der Waals surface area (Å²) in [6.45, 7) is 2.28. The van der Waals surface area contributed by atoms with Crippen molar-refractivity contribution in [2.45, 2.75) is 23.0 Å². The van der Waals surface area contributed by atoms with Crippen LogP contribution in [0.15, 0.2) is 46.3 Å². The first-order valence-electron chi connectivity index (χ1n) is 5.92. The van der Waals surface area contributed by atoms with Crippen molar-refractivity contribution in [1.29, 1.82) is 0 Å². The number of benzene rings is 1. The highest BCUT2D eigenvalue weighted by molar-refractivity contribution is 7.99. The molecule has 2 rings (SSSR count). The van der Waals surface area contributed by atoms with E-state index in [9.17, 15) is 13.2 Å². The van der Waals surface area contributed by atoms with Crippen LogP contribution in [0.3, 0.4) is 0 Å². The lowest BCUT2D eigenvalue weighted by molar-refractivity contribution is -0.145. The lowest BCUT2D eigenvalue weighted by Crippen LogP contribution is -2.13. The van der Waals surface area contributed by atoms with Crippen LogP contribution in [-0.2, 0) is 6.18 Å². The number of nitrogens with zero attached hydrogens (tertiary/aromatic N) is 2. The normalized spacial score (nSPS) is 11.4. The Labute approximate surface area is 118 Å². The van der Waals surface area contributed by atoms with Crippen molar-refractivity contribution in [3.8, 4) is 0 Å². The van der Waals surface area contributed by atoms with E-state index in [-0.39, 0.29) is 10.8 Å². The number of rotatable bonds is 4. The van der Waals surface area contributed by atoms with Gasteiger partial charge in [0, 0.05) is 17.5 Å². The molecule has 0 amide bonds. The minimum absolute atomic E-state index is 0.174. The Balaban J connectivity index is 2.34. The molecule has 1 aromatic carbocycles. The van der Waals surface area contributed by atoms with Gasteiger partial charge in [0.25, 0.3) is 0 Å². The van der Waals surface area contributed by atoms with Gasteiger partial charge in [0.15, 0.2) is 0 Å². The first kappa shape index (κ1) is 14.6. The van der Waals surface area contributed by atoms with Crippen molar-refractivity contribution < 1.29 is 13.2 Å². The van der Waals surface area contributed by atoms with Gasteiger partial charge in [-0.05, 0) is 19.1 Å². The molecule has 2 aromatic rings. The summed E-state index contributed by atoms with van der Waals surface area (Å²) in [5.41, 5.74) is 0. The summed E-state index contributed by atoms with van der Waals surface area (Å²) in [4.78, 5) is 7.87. The second kappa shape index (κ2) is 6.13. The number of anilines is 1. The van der Waals surface area contributed by atoms with Crippen LogP contribution < -0.4 is 5.32 Å². The molecular weight excluding hydrogens is 287 g/mol. The molecule has 7 heteroatoms. The molecular formula is C13H12F3N3S. The van der Waals surface area contributed by atoms with Crippen molar-refractivity contribution in [3.05, 3.63) is 42.2 Å². The largest absolute Gasteiger partial charge is 0.451 e. The molecule has 0 radical (unpaired) electrons. The van der Waals surface area contributed by atoms with Gasteiger partial charge in [0.2, 0.25) is 5.82 Å². The van der Waals surface area contributed by atoms with Gasteiger partial charge in [-0.3, -0.25) is 0 Å². The van der Waals surface area contributed by atoms with Crippen LogP contribution in [0.4, 0.5) is 19.0 Å². The van der Waals surface area contributed by atoms with E-state index >= 15 is 0 Å². The monoisotopic (exact) mass is 299 g/mol. The van der Waals surface area contributed by atoms with Gasteiger partial charge in [-0.15, -0.1) is 0 Å². The molecule has 0 aliphatic rings. The van der Waals surface area contributed by atoms with Crippen molar-refractivity contribution >= 4 is 17.6 Å². The number of halogens is 3. The predicted octanol–water partition coefficient (Wildman–Crippen LogP) is 4.08. The second-order valence-corrected chi connectivity index (χ2v) is 4.95. The molecule has 1 N–H and O–H groups in total. The Bertz CT molecular complexity index is 573. The molecule has 0 unspecified atom stereocenters. The number of alkyl halides is 3. The average Bonchev–Trinajstić information content (AvgIpc) is 2.39. The maximum atomic E-state index is 12.8. The zero-order valence-electron chi connectivity index (χ0n) is 10.6. The highest BCUT2D eigenvalue weighted by Crippen LogP contribution is 2.32. The molecule has 106 valence electrons. The van der Waals surface area contributed by atoms with Crippen LogP contribution in [0.1, 0.15) is 12.7 Å². The molecule has 0 atom stereocenters. The first-order chi connectivity index (χ1) is 9.49. The van der Waals surface area contributed by atoms with Gasteiger partial charge < -0.3 is 5.32 Å². The molecule has 3 nitrogen and oxygen atoms in total. The van der Waals surface area contributed by atoms with Gasteiger partial charge in [-0.1, -0.05) is 30.0 Å². The SMILES string of the molecule is CCNc1cc(Sc2ccccc2)nc(C(F)(F)F)n1. The van der Waals surface area contributed by atoms with Crippen molar-refractivity contribution in [3.63, 3.8) is 0 Å². The fourth-order valence-corrected chi connectivity index (χ4v) is 2.32. The smallest absolute Gasteiger partial charge is 0.370 e. The number of aromatic nitrogens is 2. The summed E-state index contributed by atoms with van der Waals surface area (Å²) >= 11 is 1.17. The predicted molar refractivity (Wildman–Crippen MR) is 71.8 cm³/mol. The number of hydrogen-bond acceptors (Lipinski definition) is 4. The van der Waals surface area contributed by atoms with Crippen molar-refractivity contribution in [2.75, 3.05) is 11.9 Å². The molecule has 0 saturated carbocycles. The van der Waals surface area contributed by atoms with Crippen LogP contribution in [0.5, 0.6) is 0 Å². The van der Waals surface area contributed by atoms with E-state index < -0.39 is 12.0 Å². The molecule has 1 heterocycles. The zero-order valence-corrected chi connectivity index (χ0v) is 11.4. The van der Waals surface area contributed by atoms with Gasteiger partial charge in [0.05, 0.1) is 0 Å². The van der Waals surface area contributed by atoms with Gasteiger partial charge >= 0.3 is 6.18 Å². The summed E-state index contributed by atoms with van der Waals surface area (Å²) in [7, 11) is 0. The summed E-state index contributed by atoms with van der Waals surface area (Å²) in [6, 6.07) is 10.6. The Morgan fingerprint density at radius 3 is 2.45 bits per heavy atom. The van der Waals surface area contributed by atoms with Crippen LogP contribution in [0, 0.1) is 0 Å². The molecule has 20 heavy (non-hydrogen) atoms. The van der Waals surface area contributed by atoms with Crippen LogP contribution >= 0.6 is 11.8 Å². The van der Waals surface area contributed by atoms with E-state index in [1.54, 1.807) is 6.92 Å². The topological polar surface area (TPSA) is 37.8 Å². The molecule has 0 spiro atoms. The van der Waals surface area contributed by atoms with E-state index in [0.29, 0.717) is 6.54 Å².